The molecule has 2 rings (SSSR count). The van der Waals surface area contributed by atoms with Crippen molar-refractivity contribution in [2.45, 2.75) is 25.8 Å². The smallest absolute Gasteiger partial charge is 0.127 e. The van der Waals surface area contributed by atoms with Gasteiger partial charge in [-0.15, -0.1) is 0 Å². The van der Waals surface area contributed by atoms with Crippen LogP contribution in [0.4, 0.5) is 4.39 Å². The Bertz CT molecular complexity index is 496. The summed E-state index contributed by atoms with van der Waals surface area (Å²) in [7, 11) is 0. The van der Waals surface area contributed by atoms with Crippen LogP contribution in [0.5, 0.6) is 0 Å². The quantitative estimate of drug-likeness (QED) is 0.768. The van der Waals surface area contributed by atoms with Crippen LogP contribution in [0.2, 0.25) is 0 Å². The zero-order chi connectivity index (χ0) is 13.5. The maximum absolute atomic E-state index is 13.6. The van der Waals surface area contributed by atoms with E-state index >= 15 is 0 Å². The third-order valence-electron chi connectivity index (χ3n) is 3.31. The Kier molecular flexibility index (Phi) is 5.10. The van der Waals surface area contributed by atoms with Crippen LogP contribution in [0.15, 0.2) is 54.6 Å². The van der Waals surface area contributed by atoms with Gasteiger partial charge in [0.15, 0.2) is 0 Å². The highest BCUT2D eigenvalue weighted by Gasteiger charge is 2.08. The van der Waals surface area contributed by atoms with Gasteiger partial charge in [0.2, 0.25) is 0 Å². The highest BCUT2D eigenvalue weighted by atomic mass is 19.1. The van der Waals surface area contributed by atoms with Crippen molar-refractivity contribution in [1.82, 2.24) is 5.32 Å². The van der Waals surface area contributed by atoms with Crippen LogP contribution in [0, 0.1) is 5.82 Å². The summed E-state index contributed by atoms with van der Waals surface area (Å²) in [6.45, 7) is 2.89. The molecule has 2 heteroatoms. The summed E-state index contributed by atoms with van der Waals surface area (Å²) >= 11 is 0. The SMILES string of the molecule is C[C@@H](NCCCc1ccccc1)c1ccccc1F. The number of halogens is 1. The van der Waals surface area contributed by atoms with E-state index in [9.17, 15) is 4.39 Å². The fourth-order valence-corrected chi connectivity index (χ4v) is 2.19. The predicted octanol–water partition coefficient (Wildman–Crippen LogP) is 4.11. The molecule has 0 heterocycles. The van der Waals surface area contributed by atoms with Gasteiger partial charge >= 0.3 is 0 Å². The van der Waals surface area contributed by atoms with E-state index < -0.39 is 0 Å². The Hall–Kier alpha value is -1.67. The van der Waals surface area contributed by atoms with Gasteiger partial charge in [-0.05, 0) is 37.9 Å². The summed E-state index contributed by atoms with van der Waals surface area (Å²) < 4.78 is 13.6. The average Bonchev–Trinajstić information content (AvgIpc) is 2.45. The van der Waals surface area contributed by atoms with Crippen molar-refractivity contribution in [3.05, 3.63) is 71.5 Å². The minimum absolute atomic E-state index is 0.0528. The molecule has 1 nitrogen and oxygen atoms in total. The molecule has 0 aliphatic heterocycles. The summed E-state index contributed by atoms with van der Waals surface area (Å²) in [4.78, 5) is 0. The van der Waals surface area contributed by atoms with Crippen molar-refractivity contribution in [2.75, 3.05) is 6.54 Å². The molecule has 100 valence electrons. The zero-order valence-electron chi connectivity index (χ0n) is 11.3. The van der Waals surface area contributed by atoms with Crippen LogP contribution in [-0.4, -0.2) is 6.54 Å². The Labute approximate surface area is 114 Å². The highest BCUT2D eigenvalue weighted by Crippen LogP contribution is 2.15. The molecular weight excluding hydrogens is 237 g/mol. The minimum atomic E-state index is -0.134. The molecule has 0 unspecified atom stereocenters. The average molecular weight is 257 g/mol. The van der Waals surface area contributed by atoms with Crippen molar-refractivity contribution in [2.24, 2.45) is 0 Å². The number of rotatable bonds is 6. The first-order valence-electron chi connectivity index (χ1n) is 6.79. The lowest BCUT2D eigenvalue weighted by atomic mass is 10.1. The zero-order valence-corrected chi connectivity index (χ0v) is 11.3. The van der Waals surface area contributed by atoms with E-state index in [2.05, 4.69) is 29.6 Å². The number of hydrogen-bond acceptors (Lipinski definition) is 1. The van der Waals surface area contributed by atoms with Gasteiger partial charge < -0.3 is 5.32 Å². The van der Waals surface area contributed by atoms with Crippen LogP contribution in [-0.2, 0) is 6.42 Å². The van der Waals surface area contributed by atoms with Gasteiger partial charge in [-0.2, -0.15) is 0 Å². The molecular formula is C17H20FN. The lowest BCUT2D eigenvalue weighted by molar-refractivity contribution is 0.521. The van der Waals surface area contributed by atoms with E-state index in [-0.39, 0.29) is 11.9 Å². The number of hydrogen-bond donors (Lipinski definition) is 1. The first kappa shape index (κ1) is 13.8. The second-order valence-corrected chi connectivity index (χ2v) is 4.79. The Morgan fingerprint density at radius 2 is 1.68 bits per heavy atom. The minimum Gasteiger partial charge on any atom is -0.310 e. The van der Waals surface area contributed by atoms with E-state index in [1.807, 2.05) is 25.1 Å². The van der Waals surface area contributed by atoms with E-state index in [1.54, 1.807) is 6.07 Å². The molecule has 0 aromatic heterocycles. The molecule has 2 aromatic carbocycles. The fourth-order valence-electron chi connectivity index (χ4n) is 2.19. The Balaban J connectivity index is 1.76. The molecule has 0 saturated heterocycles. The third kappa shape index (κ3) is 4.18. The molecule has 0 amide bonds. The van der Waals surface area contributed by atoms with E-state index in [0.717, 1.165) is 24.9 Å². The van der Waals surface area contributed by atoms with Crippen LogP contribution in [0.25, 0.3) is 0 Å². The maximum Gasteiger partial charge on any atom is 0.127 e. The van der Waals surface area contributed by atoms with Crippen molar-refractivity contribution in [3.63, 3.8) is 0 Å². The van der Waals surface area contributed by atoms with Crippen molar-refractivity contribution >= 4 is 0 Å². The maximum atomic E-state index is 13.6. The summed E-state index contributed by atoms with van der Waals surface area (Å²) in [6.07, 6.45) is 2.11. The van der Waals surface area contributed by atoms with Gasteiger partial charge in [0.25, 0.3) is 0 Å². The van der Waals surface area contributed by atoms with Crippen LogP contribution in [0.3, 0.4) is 0 Å². The standard InChI is InChI=1S/C17H20FN/c1-14(16-11-5-6-12-17(16)18)19-13-7-10-15-8-3-2-4-9-15/h2-6,8-9,11-12,14,19H,7,10,13H2,1H3/t14-/m1/s1. The van der Waals surface area contributed by atoms with Gasteiger partial charge in [0, 0.05) is 11.6 Å². The van der Waals surface area contributed by atoms with Crippen molar-refractivity contribution in [3.8, 4) is 0 Å². The third-order valence-corrected chi connectivity index (χ3v) is 3.31. The van der Waals surface area contributed by atoms with E-state index in [1.165, 1.54) is 11.6 Å². The monoisotopic (exact) mass is 257 g/mol. The van der Waals surface area contributed by atoms with Gasteiger partial charge in [0.1, 0.15) is 5.82 Å². The van der Waals surface area contributed by atoms with Gasteiger partial charge in [0.05, 0.1) is 0 Å². The fraction of sp³-hybridized carbons (Fsp3) is 0.294. The number of benzene rings is 2. The predicted molar refractivity (Wildman–Crippen MR) is 77.6 cm³/mol. The van der Waals surface area contributed by atoms with Crippen LogP contribution < -0.4 is 5.32 Å². The lowest BCUT2D eigenvalue weighted by Crippen LogP contribution is -2.21. The second-order valence-electron chi connectivity index (χ2n) is 4.79. The lowest BCUT2D eigenvalue weighted by Gasteiger charge is -2.14. The molecule has 0 aliphatic carbocycles. The van der Waals surface area contributed by atoms with E-state index in [4.69, 9.17) is 0 Å². The molecule has 0 bridgehead atoms. The number of nitrogens with one attached hydrogen (secondary N) is 1. The Morgan fingerprint density at radius 3 is 2.42 bits per heavy atom. The molecule has 19 heavy (non-hydrogen) atoms. The topological polar surface area (TPSA) is 12.0 Å². The van der Waals surface area contributed by atoms with Crippen molar-refractivity contribution in [1.29, 1.82) is 0 Å². The summed E-state index contributed by atoms with van der Waals surface area (Å²) in [5.74, 6) is -0.134. The second kappa shape index (κ2) is 7.05. The first-order chi connectivity index (χ1) is 9.27. The molecule has 0 spiro atoms. The van der Waals surface area contributed by atoms with Gasteiger partial charge in [-0.1, -0.05) is 48.5 Å². The summed E-state index contributed by atoms with van der Waals surface area (Å²) in [5, 5.41) is 3.37. The normalized spacial score (nSPS) is 12.3. The summed E-state index contributed by atoms with van der Waals surface area (Å²) in [6, 6.07) is 17.4. The Morgan fingerprint density at radius 1 is 1.00 bits per heavy atom. The first-order valence-corrected chi connectivity index (χ1v) is 6.79. The van der Waals surface area contributed by atoms with Crippen LogP contribution in [0.1, 0.15) is 30.5 Å². The van der Waals surface area contributed by atoms with Gasteiger partial charge in [-0.25, -0.2) is 4.39 Å². The summed E-state index contributed by atoms with van der Waals surface area (Å²) in [5.41, 5.74) is 2.09. The van der Waals surface area contributed by atoms with Crippen molar-refractivity contribution < 1.29 is 4.39 Å². The molecule has 0 fully saturated rings. The number of aryl methyl sites for hydroxylation is 1. The molecule has 1 N–H and O–H groups in total. The molecule has 1 atom stereocenters. The highest BCUT2D eigenvalue weighted by molar-refractivity contribution is 5.20. The largest absolute Gasteiger partial charge is 0.310 e. The molecule has 0 aliphatic rings. The molecule has 2 aromatic rings. The molecule has 0 saturated carbocycles. The van der Waals surface area contributed by atoms with Gasteiger partial charge in [-0.3, -0.25) is 0 Å². The van der Waals surface area contributed by atoms with Crippen LogP contribution >= 0.6 is 0 Å². The molecule has 0 radical (unpaired) electrons. The van der Waals surface area contributed by atoms with E-state index in [0.29, 0.717) is 0 Å².